The van der Waals surface area contributed by atoms with E-state index >= 15 is 0 Å². The molecule has 82 valence electrons. The quantitative estimate of drug-likeness (QED) is 0.806. The van der Waals surface area contributed by atoms with Crippen LogP contribution in [0.2, 0.25) is 0 Å². The van der Waals surface area contributed by atoms with Crippen molar-refractivity contribution in [1.29, 1.82) is 0 Å². The van der Waals surface area contributed by atoms with Crippen LogP contribution >= 0.6 is 11.8 Å². The number of nitrogens with one attached hydrogen (secondary N) is 1. The van der Waals surface area contributed by atoms with Crippen molar-refractivity contribution in [3.05, 3.63) is 24.0 Å². The van der Waals surface area contributed by atoms with E-state index in [0.717, 1.165) is 0 Å². The lowest BCUT2D eigenvalue weighted by molar-refractivity contribution is 0.0949. The molecule has 0 aliphatic heterocycles. The Morgan fingerprint density at radius 2 is 2.40 bits per heavy atom. The van der Waals surface area contributed by atoms with E-state index < -0.39 is 0 Å². The highest BCUT2D eigenvalue weighted by molar-refractivity contribution is 7.99. The van der Waals surface area contributed by atoms with E-state index in [-0.39, 0.29) is 5.91 Å². The van der Waals surface area contributed by atoms with Crippen molar-refractivity contribution >= 4 is 23.4 Å². The summed E-state index contributed by atoms with van der Waals surface area (Å²) in [5, 5.41) is 3.21. The van der Waals surface area contributed by atoms with E-state index in [9.17, 15) is 4.79 Å². The lowest BCUT2D eigenvalue weighted by atomic mass is 10.3. The van der Waals surface area contributed by atoms with Crippen LogP contribution in [0.15, 0.2) is 18.3 Å². The molecule has 5 heteroatoms. The predicted molar refractivity (Wildman–Crippen MR) is 64.0 cm³/mol. The molecule has 0 saturated heterocycles. The number of rotatable bonds is 4. The van der Waals surface area contributed by atoms with Gasteiger partial charge >= 0.3 is 0 Å². The van der Waals surface area contributed by atoms with Crippen molar-refractivity contribution in [2.45, 2.75) is 12.2 Å². The number of pyridine rings is 1. The molecular weight excluding hydrogens is 210 g/mol. The minimum absolute atomic E-state index is 0.157. The average molecular weight is 225 g/mol. The van der Waals surface area contributed by atoms with E-state index in [4.69, 9.17) is 5.73 Å². The van der Waals surface area contributed by atoms with Crippen molar-refractivity contribution in [2.24, 2.45) is 0 Å². The molecule has 1 aromatic heterocycles. The average Bonchev–Trinajstić information content (AvgIpc) is 2.26. The van der Waals surface area contributed by atoms with Crippen LogP contribution < -0.4 is 11.1 Å². The summed E-state index contributed by atoms with van der Waals surface area (Å²) in [4.78, 5) is 15.5. The molecule has 0 aliphatic rings. The Morgan fingerprint density at radius 1 is 1.67 bits per heavy atom. The van der Waals surface area contributed by atoms with Gasteiger partial charge in [-0.25, -0.2) is 4.98 Å². The fraction of sp³-hybridized carbons (Fsp3) is 0.400. The first-order chi connectivity index (χ1) is 7.13. The third-order valence-corrected chi connectivity index (χ3v) is 2.94. The Labute approximate surface area is 93.7 Å². The maximum atomic E-state index is 11.6. The van der Waals surface area contributed by atoms with E-state index in [1.165, 1.54) is 6.20 Å². The molecule has 1 heterocycles. The number of anilines is 1. The predicted octanol–water partition coefficient (Wildman–Crippen LogP) is 1.15. The van der Waals surface area contributed by atoms with Crippen molar-refractivity contribution < 1.29 is 4.79 Å². The highest BCUT2D eigenvalue weighted by atomic mass is 32.2. The van der Waals surface area contributed by atoms with Crippen LogP contribution in [0.5, 0.6) is 0 Å². The molecule has 1 unspecified atom stereocenters. The molecule has 15 heavy (non-hydrogen) atoms. The molecule has 1 rings (SSSR count). The van der Waals surface area contributed by atoms with Crippen LogP contribution in [0.25, 0.3) is 0 Å². The Kier molecular flexibility index (Phi) is 4.42. The molecule has 0 aliphatic carbocycles. The Balaban J connectivity index is 2.50. The number of hydrogen-bond donors (Lipinski definition) is 2. The molecule has 0 spiro atoms. The second-order valence-electron chi connectivity index (χ2n) is 3.23. The first kappa shape index (κ1) is 11.8. The molecule has 0 aromatic carbocycles. The largest absolute Gasteiger partial charge is 0.397 e. The number of hydrogen-bond acceptors (Lipinski definition) is 4. The number of aromatic nitrogens is 1. The van der Waals surface area contributed by atoms with Crippen molar-refractivity contribution in [3.63, 3.8) is 0 Å². The minimum Gasteiger partial charge on any atom is -0.397 e. The van der Waals surface area contributed by atoms with E-state index in [0.29, 0.717) is 23.2 Å². The SMILES string of the molecule is CSC(C)CNC(=O)c1ccc(N)cn1. The second kappa shape index (κ2) is 5.60. The molecule has 1 aromatic rings. The summed E-state index contributed by atoms with van der Waals surface area (Å²) in [7, 11) is 0. The molecule has 4 nitrogen and oxygen atoms in total. The van der Waals surface area contributed by atoms with Crippen molar-refractivity contribution in [1.82, 2.24) is 10.3 Å². The van der Waals surface area contributed by atoms with Crippen LogP contribution in [0, 0.1) is 0 Å². The summed E-state index contributed by atoms with van der Waals surface area (Å²) < 4.78 is 0. The zero-order valence-electron chi connectivity index (χ0n) is 8.86. The maximum Gasteiger partial charge on any atom is 0.269 e. The molecule has 0 fully saturated rings. The number of thioether (sulfide) groups is 1. The molecule has 0 radical (unpaired) electrons. The van der Waals surface area contributed by atoms with Crippen LogP contribution in [-0.4, -0.2) is 28.9 Å². The van der Waals surface area contributed by atoms with Gasteiger partial charge in [-0.1, -0.05) is 6.92 Å². The Morgan fingerprint density at radius 3 is 2.93 bits per heavy atom. The number of nitrogen functional groups attached to an aromatic ring is 1. The van der Waals surface area contributed by atoms with Gasteiger partial charge in [0.05, 0.1) is 11.9 Å². The highest BCUT2D eigenvalue weighted by Crippen LogP contribution is 2.04. The summed E-state index contributed by atoms with van der Waals surface area (Å²) >= 11 is 1.71. The summed E-state index contributed by atoms with van der Waals surface area (Å²) in [6, 6.07) is 3.29. The van der Waals surface area contributed by atoms with Gasteiger partial charge in [0, 0.05) is 11.8 Å². The lowest BCUT2D eigenvalue weighted by Crippen LogP contribution is -2.29. The highest BCUT2D eigenvalue weighted by Gasteiger charge is 2.07. The zero-order chi connectivity index (χ0) is 11.3. The smallest absolute Gasteiger partial charge is 0.269 e. The minimum atomic E-state index is -0.157. The van der Waals surface area contributed by atoms with Gasteiger partial charge in [-0.3, -0.25) is 4.79 Å². The van der Waals surface area contributed by atoms with Gasteiger partial charge in [-0.05, 0) is 18.4 Å². The van der Waals surface area contributed by atoms with Crippen LogP contribution in [0.3, 0.4) is 0 Å². The third-order valence-electron chi connectivity index (χ3n) is 1.97. The van der Waals surface area contributed by atoms with Gasteiger partial charge in [0.15, 0.2) is 0 Å². The van der Waals surface area contributed by atoms with Gasteiger partial charge < -0.3 is 11.1 Å². The lowest BCUT2D eigenvalue weighted by Gasteiger charge is -2.09. The van der Waals surface area contributed by atoms with Gasteiger partial charge in [-0.2, -0.15) is 11.8 Å². The molecule has 1 amide bonds. The normalized spacial score (nSPS) is 12.1. The van der Waals surface area contributed by atoms with Gasteiger partial charge in [0.25, 0.3) is 5.91 Å². The second-order valence-corrected chi connectivity index (χ2v) is 4.51. The first-order valence-electron chi connectivity index (χ1n) is 4.66. The fourth-order valence-electron chi connectivity index (χ4n) is 0.950. The fourth-order valence-corrected chi connectivity index (χ4v) is 1.20. The Hall–Kier alpha value is -1.23. The van der Waals surface area contributed by atoms with Crippen molar-refractivity contribution in [3.8, 4) is 0 Å². The zero-order valence-corrected chi connectivity index (χ0v) is 9.67. The Bertz CT molecular complexity index is 326. The van der Waals surface area contributed by atoms with Crippen LogP contribution in [-0.2, 0) is 0 Å². The van der Waals surface area contributed by atoms with Crippen LogP contribution in [0.1, 0.15) is 17.4 Å². The number of carbonyl (C=O) groups excluding carboxylic acids is 1. The first-order valence-corrected chi connectivity index (χ1v) is 5.94. The summed E-state index contributed by atoms with van der Waals surface area (Å²) in [6.45, 7) is 2.70. The van der Waals surface area contributed by atoms with E-state index in [2.05, 4.69) is 17.2 Å². The summed E-state index contributed by atoms with van der Waals surface area (Å²) in [5.74, 6) is -0.157. The molecular formula is C10H15N3OS. The van der Waals surface area contributed by atoms with Crippen molar-refractivity contribution in [2.75, 3.05) is 18.5 Å². The van der Waals surface area contributed by atoms with Gasteiger partial charge in [0.1, 0.15) is 5.69 Å². The maximum absolute atomic E-state index is 11.6. The molecule has 0 bridgehead atoms. The monoisotopic (exact) mass is 225 g/mol. The van der Waals surface area contributed by atoms with Gasteiger partial charge in [0.2, 0.25) is 0 Å². The molecule has 1 atom stereocenters. The summed E-state index contributed by atoms with van der Waals surface area (Å²) in [5.41, 5.74) is 6.43. The van der Waals surface area contributed by atoms with Gasteiger partial charge in [-0.15, -0.1) is 0 Å². The number of nitrogens with zero attached hydrogens (tertiary/aromatic N) is 1. The molecule has 3 N–H and O–H groups in total. The standard InChI is InChI=1S/C10H15N3OS/c1-7(15-2)5-13-10(14)9-4-3-8(11)6-12-9/h3-4,6-7H,5,11H2,1-2H3,(H,13,14). The van der Waals surface area contributed by atoms with E-state index in [1.54, 1.807) is 23.9 Å². The number of carbonyl (C=O) groups is 1. The van der Waals surface area contributed by atoms with Crippen LogP contribution in [0.4, 0.5) is 5.69 Å². The van der Waals surface area contributed by atoms with E-state index in [1.807, 2.05) is 6.26 Å². The third kappa shape index (κ3) is 3.79. The topological polar surface area (TPSA) is 68.0 Å². The number of amides is 1. The summed E-state index contributed by atoms with van der Waals surface area (Å²) in [6.07, 6.45) is 3.49. The molecule has 0 saturated carbocycles. The number of nitrogens with two attached hydrogens (primary N) is 1.